The van der Waals surface area contributed by atoms with Gasteiger partial charge in [0, 0.05) is 24.3 Å². The average molecular weight is 232 g/mol. The first-order valence-electron chi connectivity index (χ1n) is 6.32. The molecule has 0 radical (unpaired) electrons. The van der Waals surface area contributed by atoms with Crippen LogP contribution >= 0.6 is 0 Å². The van der Waals surface area contributed by atoms with Crippen molar-refractivity contribution in [1.82, 2.24) is 19.4 Å². The van der Waals surface area contributed by atoms with Gasteiger partial charge >= 0.3 is 0 Å². The van der Waals surface area contributed by atoms with Crippen LogP contribution < -0.4 is 0 Å². The van der Waals surface area contributed by atoms with Gasteiger partial charge in [-0.1, -0.05) is 13.8 Å². The molecule has 0 bridgehead atoms. The lowest BCUT2D eigenvalue weighted by Crippen LogP contribution is -2.24. The summed E-state index contributed by atoms with van der Waals surface area (Å²) in [5.74, 6) is 0. The monoisotopic (exact) mass is 232 g/mol. The van der Waals surface area contributed by atoms with E-state index in [2.05, 4.69) is 45.5 Å². The SMILES string of the molecule is CCN(CC)CCCn1ccc2cncnc21. The lowest BCUT2D eigenvalue weighted by Gasteiger charge is -2.17. The van der Waals surface area contributed by atoms with E-state index >= 15 is 0 Å². The van der Waals surface area contributed by atoms with Crippen LogP contribution in [0.2, 0.25) is 0 Å². The average Bonchev–Trinajstić information content (AvgIpc) is 2.78. The molecule has 0 unspecified atom stereocenters. The smallest absolute Gasteiger partial charge is 0.143 e. The number of hydrogen-bond donors (Lipinski definition) is 0. The highest BCUT2D eigenvalue weighted by Crippen LogP contribution is 2.11. The number of aryl methyl sites for hydroxylation is 1. The molecule has 0 saturated heterocycles. The third kappa shape index (κ3) is 2.82. The van der Waals surface area contributed by atoms with Gasteiger partial charge < -0.3 is 9.47 Å². The van der Waals surface area contributed by atoms with Crippen LogP contribution in [0.15, 0.2) is 24.8 Å². The van der Waals surface area contributed by atoms with Crippen molar-refractivity contribution < 1.29 is 0 Å². The lowest BCUT2D eigenvalue weighted by atomic mass is 10.3. The van der Waals surface area contributed by atoms with Crippen molar-refractivity contribution in [1.29, 1.82) is 0 Å². The highest BCUT2D eigenvalue weighted by Gasteiger charge is 2.03. The van der Waals surface area contributed by atoms with Crippen molar-refractivity contribution in [3.63, 3.8) is 0 Å². The Kier molecular flexibility index (Phi) is 4.09. The van der Waals surface area contributed by atoms with Gasteiger partial charge in [0.25, 0.3) is 0 Å². The molecule has 0 N–H and O–H groups in total. The van der Waals surface area contributed by atoms with Crippen LogP contribution in [0.3, 0.4) is 0 Å². The summed E-state index contributed by atoms with van der Waals surface area (Å²) in [6, 6.07) is 2.08. The first-order valence-corrected chi connectivity index (χ1v) is 6.32. The molecule has 0 aliphatic heterocycles. The van der Waals surface area contributed by atoms with Crippen LogP contribution in [0.1, 0.15) is 20.3 Å². The van der Waals surface area contributed by atoms with Crippen molar-refractivity contribution >= 4 is 11.0 Å². The van der Waals surface area contributed by atoms with Crippen molar-refractivity contribution in [2.75, 3.05) is 19.6 Å². The zero-order valence-corrected chi connectivity index (χ0v) is 10.6. The number of aromatic nitrogens is 3. The molecule has 2 rings (SSSR count). The molecule has 17 heavy (non-hydrogen) atoms. The molecule has 2 aromatic heterocycles. The largest absolute Gasteiger partial charge is 0.332 e. The maximum absolute atomic E-state index is 4.32. The molecular weight excluding hydrogens is 212 g/mol. The Morgan fingerprint density at radius 2 is 2.12 bits per heavy atom. The van der Waals surface area contributed by atoms with Crippen molar-refractivity contribution in [2.45, 2.75) is 26.8 Å². The molecule has 0 amide bonds. The van der Waals surface area contributed by atoms with Crippen LogP contribution in [-0.4, -0.2) is 39.1 Å². The minimum absolute atomic E-state index is 1.02. The number of fused-ring (bicyclic) bond motifs is 1. The molecular formula is C13H20N4. The molecule has 0 aliphatic carbocycles. The zero-order valence-electron chi connectivity index (χ0n) is 10.6. The quantitative estimate of drug-likeness (QED) is 0.765. The van der Waals surface area contributed by atoms with E-state index in [9.17, 15) is 0 Å². The third-order valence-electron chi connectivity index (χ3n) is 3.19. The molecule has 0 spiro atoms. The minimum atomic E-state index is 1.02. The molecule has 0 aromatic carbocycles. The summed E-state index contributed by atoms with van der Waals surface area (Å²) in [6.45, 7) is 8.86. The molecule has 0 fully saturated rings. The van der Waals surface area contributed by atoms with Gasteiger partial charge in [-0.3, -0.25) is 0 Å². The van der Waals surface area contributed by atoms with Gasteiger partial charge in [0.1, 0.15) is 12.0 Å². The summed E-state index contributed by atoms with van der Waals surface area (Å²) in [7, 11) is 0. The first kappa shape index (κ1) is 12.0. The highest BCUT2D eigenvalue weighted by atomic mass is 15.1. The van der Waals surface area contributed by atoms with Gasteiger partial charge in [-0.05, 0) is 32.1 Å². The lowest BCUT2D eigenvalue weighted by molar-refractivity contribution is 0.294. The first-order chi connectivity index (χ1) is 8.35. The highest BCUT2D eigenvalue weighted by molar-refractivity contribution is 5.74. The van der Waals surface area contributed by atoms with Crippen LogP contribution in [-0.2, 0) is 6.54 Å². The van der Waals surface area contributed by atoms with Gasteiger partial charge in [0.2, 0.25) is 0 Å². The zero-order chi connectivity index (χ0) is 12.1. The normalized spacial score (nSPS) is 11.5. The molecule has 2 heterocycles. The molecule has 4 heteroatoms. The fourth-order valence-corrected chi connectivity index (χ4v) is 2.12. The summed E-state index contributed by atoms with van der Waals surface area (Å²) >= 11 is 0. The molecule has 92 valence electrons. The van der Waals surface area contributed by atoms with Crippen molar-refractivity contribution in [2.24, 2.45) is 0 Å². The minimum Gasteiger partial charge on any atom is -0.332 e. The Balaban J connectivity index is 1.95. The molecule has 2 aromatic rings. The number of hydrogen-bond acceptors (Lipinski definition) is 3. The Bertz CT molecular complexity index is 459. The van der Waals surface area contributed by atoms with Crippen LogP contribution in [0.4, 0.5) is 0 Å². The summed E-state index contributed by atoms with van der Waals surface area (Å²) in [6.07, 6.45) is 6.74. The summed E-state index contributed by atoms with van der Waals surface area (Å²) in [5.41, 5.74) is 1.04. The number of rotatable bonds is 6. The maximum atomic E-state index is 4.32. The molecule has 4 nitrogen and oxygen atoms in total. The Morgan fingerprint density at radius 3 is 2.88 bits per heavy atom. The van der Waals surface area contributed by atoms with Gasteiger partial charge in [0.05, 0.1) is 0 Å². The van der Waals surface area contributed by atoms with Gasteiger partial charge in [-0.25, -0.2) is 9.97 Å². The second-order valence-electron chi connectivity index (χ2n) is 4.19. The van der Waals surface area contributed by atoms with E-state index < -0.39 is 0 Å². The predicted molar refractivity (Wildman–Crippen MR) is 69.9 cm³/mol. The summed E-state index contributed by atoms with van der Waals surface area (Å²) < 4.78 is 2.21. The van der Waals surface area contributed by atoms with E-state index in [0.29, 0.717) is 0 Å². The van der Waals surface area contributed by atoms with E-state index in [0.717, 1.165) is 43.6 Å². The second kappa shape index (κ2) is 5.77. The fourth-order valence-electron chi connectivity index (χ4n) is 2.12. The topological polar surface area (TPSA) is 34.0 Å². The second-order valence-corrected chi connectivity index (χ2v) is 4.19. The summed E-state index contributed by atoms with van der Waals surface area (Å²) in [4.78, 5) is 10.8. The summed E-state index contributed by atoms with van der Waals surface area (Å²) in [5, 5.41) is 1.12. The van der Waals surface area contributed by atoms with Crippen LogP contribution in [0.25, 0.3) is 11.0 Å². The van der Waals surface area contributed by atoms with Crippen LogP contribution in [0.5, 0.6) is 0 Å². The number of nitrogens with zero attached hydrogens (tertiary/aromatic N) is 4. The van der Waals surface area contributed by atoms with Gasteiger partial charge in [0.15, 0.2) is 0 Å². The van der Waals surface area contributed by atoms with E-state index in [1.54, 1.807) is 6.33 Å². The van der Waals surface area contributed by atoms with E-state index in [4.69, 9.17) is 0 Å². The molecule has 0 atom stereocenters. The van der Waals surface area contributed by atoms with Crippen LogP contribution in [0, 0.1) is 0 Å². The van der Waals surface area contributed by atoms with Crippen molar-refractivity contribution in [3.8, 4) is 0 Å². The predicted octanol–water partition coefficient (Wildman–Crippen LogP) is 2.16. The van der Waals surface area contributed by atoms with E-state index in [1.165, 1.54) is 0 Å². The fraction of sp³-hybridized carbons (Fsp3) is 0.538. The Hall–Kier alpha value is -1.42. The Morgan fingerprint density at radius 1 is 1.29 bits per heavy atom. The van der Waals surface area contributed by atoms with Gasteiger partial charge in [-0.15, -0.1) is 0 Å². The third-order valence-corrected chi connectivity index (χ3v) is 3.19. The Labute approximate surface area is 102 Å². The molecule has 0 saturated carbocycles. The van der Waals surface area contributed by atoms with Crippen molar-refractivity contribution in [3.05, 3.63) is 24.8 Å². The van der Waals surface area contributed by atoms with Gasteiger partial charge in [-0.2, -0.15) is 0 Å². The standard InChI is InChI=1S/C13H20N4/c1-3-16(4-2)7-5-8-17-9-6-12-10-14-11-15-13(12)17/h6,9-11H,3-5,7-8H2,1-2H3. The van der Waals surface area contributed by atoms with E-state index in [-0.39, 0.29) is 0 Å². The van der Waals surface area contributed by atoms with E-state index in [1.807, 2.05) is 6.20 Å². The molecule has 0 aliphatic rings. The maximum Gasteiger partial charge on any atom is 0.143 e.